The van der Waals surface area contributed by atoms with Gasteiger partial charge in [0.15, 0.2) is 5.75 Å². The van der Waals surface area contributed by atoms with Crippen LogP contribution in [-0.4, -0.2) is 45.8 Å². The van der Waals surface area contributed by atoms with E-state index in [1.807, 2.05) is 31.4 Å². The smallest absolute Gasteiger partial charge is 0.416 e. The van der Waals surface area contributed by atoms with Gasteiger partial charge in [0.2, 0.25) is 5.95 Å². The Labute approximate surface area is 251 Å². The maximum atomic E-state index is 13.6. The summed E-state index contributed by atoms with van der Waals surface area (Å²) in [7, 11) is 0. The Morgan fingerprint density at radius 1 is 1.23 bits per heavy atom. The number of aromatic nitrogens is 2. The van der Waals surface area contributed by atoms with Gasteiger partial charge in [-0.2, -0.15) is 24.9 Å². The highest BCUT2D eigenvalue weighted by atomic mass is 79.9. The van der Waals surface area contributed by atoms with Crippen LogP contribution in [0.5, 0.6) is 5.75 Å². The molecule has 0 unspecified atom stereocenters. The SMILES string of the molecule is CC[C@@H]1C[C@H](Nc2ncc(OCCSC)c(Cc3cc(Br)cc(Br)c3)n2)c2cc(C(F)(F)F)ccc2N1C(=O)O. The molecule has 0 spiro atoms. The van der Waals surface area contributed by atoms with Crippen LogP contribution in [0.15, 0.2) is 51.5 Å². The number of benzene rings is 2. The summed E-state index contributed by atoms with van der Waals surface area (Å²) >= 11 is 8.65. The highest BCUT2D eigenvalue weighted by molar-refractivity contribution is 9.11. The third-order valence-corrected chi connectivity index (χ3v) is 8.00. The molecule has 214 valence electrons. The number of anilines is 2. The van der Waals surface area contributed by atoms with Crippen LogP contribution in [0.4, 0.5) is 29.6 Å². The fourth-order valence-corrected chi connectivity index (χ4v) is 6.33. The second kappa shape index (κ2) is 13.0. The molecule has 1 aliphatic rings. The van der Waals surface area contributed by atoms with Gasteiger partial charge in [-0.05, 0) is 66.6 Å². The van der Waals surface area contributed by atoms with Crippen molar-refractivity contribution in [3.63, 3.8) is 0 Å². The van der Waals surface area contributed by atoms with Crippen molar-refractivity contribution < 1.29 is 27.8 Å². The number of amides is 1. The number of rotatable bonds is 9. The number of carbonyl (C=O) groups is 1. The number of ether oxygens (including phenoxy) is 1. The van der Waals surface area contributed by atoms with Crippen molar-refractivity contribution in [2.75, 3.05) is 28.8 Å². The van der Waals surface area contributed by atoms with E-state index >= 15 is 0 Å². The zero-order valence-electron chi connectivity index (χ0n) is 21.6. The molecule has 0 bridgehead atoms. The highest BCUT2D eigenvalue weighted by Crippen LogP contribution is 2.43. The first kappa shape index (κ1) is 30.4. The van der Waals surface area contributed by atoms with Crippen molar-refractivity contribution >= 4 is 61.4 Å². The summed E-state index contributed by atoms with van der Waals surface area (Å²) in [4.78, 5) is 22.4. The molecule has 0 saturated carbocycles. The average molecular weight is 704 g/mol. The Kier molecular flexibility index (Phi) is 9.89. The van der Waals surface area contributed by atoms with Crippen molar-refractivity contribution in [2.45, 2.75) is 44.4 Å². The summed E-state index contributed by atoms with van der Waals surface area (Å²) in [5, 5.41) is 13.1. The fraction of sp³-hybridized carbons (Fsp3) is 0.370. The predicted octanol–water partition coefficient (Wildman–Crippen LogP) is 8.17. The molecule has 1 amide bonds. The molecule has 2 aromatic carbocycles. The molecule has 0 radical (unpaired) electrons. The van der Waals surface area contributed by atoms with Crippen molar-refractivity contribution in [3.05, 3.63) is 73.9 Å². The second-order valence-electron chi connectivity index (χ2n) is 9.22. The van der Waals surface area contributed by atoms with Gasteiger partial charge in [0.1, 0.15) is 0 Å². The zero-order chi connectivity index (χ0) is 29.0. The highest BCUT2D eigenvalue weighted by Gasteiger charge is 2.38. The van der Waals surface area contributed by atoms with Gasteiger partial charge in [-0.1, -0.05) is 38.8 Å². The normalized spacial score (nSPS) is 16.9. The Hall–Kier alpha value is -2.51. The molecule has 0 saturated heterocycles. The van der Waals surface area contributed by atoms with E-state index in [9.17, 15) is 23.1 Å². The van der Waals surface area contributed by atoms with Crippen molar-refractivity contribution in [3.8, 4) is 5.75 Å². The number of nitrogens with zero attached hydrogens (tertiary/aromatic N) is 3. The number of halogens is 5. The number of fused-ring (bicyclic) bond motifs is 1. The minimum Gasteiger partial charge on any atom is -0.489 e. The third-order valence-electron chi connectivity index (χ3n) is 6.51. The molecule has 7 nitrogen and oxygen atoms in total. The van der Waals surface area contributed by atoms with Crippen LogP contribution in [0.2, 0.25) is 0 Å². The largest absolute Gasteiger partial charge is 0.489 e. The summed E-state index contributed by atoms with van der Waals surface area (Å²) < 4.78 is 48.5. The van der Waals surface area contributed by atoms with Gasteiger partial charge < -0.3 is 15.2 Å². The lowest BCUT2D eigenvalue weighted by molar-refractivity contribution is -0.137. The second-order valence-corrected chi connectivity index (χ2v) is 12.0. The average Bonchev–Trinajstić information content (AvgIpc) is 2.88. The number of carboxylic acid groups (broad SMARTS) is 1. The molecule has 2 heterocycles. The van der Waals surface area contributed by atoms with E-state index in [1.54, 1.807) is 18.0 Å². The fourth-order valence-electron chi connectivity index (χ4n) is 4.70. The van der Waals surface area contributed by atoms with Gasteiger partial charge in [-0.3, -0.25) is 4.90 Å². The monoisotopic (exact) mass is 702 g/mol. The van der Waals surface area contributed by atoms with Crippen LogP contribution in [0.25, 0.3) is 0 Å². The van der Waals surface area contributed by atoms with Gasteiger partial charge in [0, 0.05) is 27.2 Å². The van der Waals surface area contributed by atoms with E-state index in [1.165, 1.54) is 6.07 Å². The molecule has 0 aliphatic carbocycles. The topological polar surface area (TPSA) is 87.6 Å². The number of alkyl halides is 3. The number of hydrogen-bond donors (Lipinski definition) is 2. The van der Waals surface area contributed by atoms with E-state index in [-0.39, 0.29) is 23.6 Å². The van der Waals surface area contributed by atoms with Gasteiger partial charge in [-0.15, -0.1) is 0 Å². The van der Waals surface area contributed by atoms with Crippen molar-refractivity contribution in [1.82, 2.24) is 9.97 Å². The lowest BCUT2D eigenvalue weighted by Gasteiger charge is -2.39. The zero-order valence-corrected chi connectivity index (χ0v) is 25.6. The molecular formula is C27H27Br2F3N4O3S. The van der Waals surface area contributed by atoms with Crippen LogP contribution >= 0.6 is 43.6 Å². The van der Waals surface area contributed by atoms with E-state index in [0.717, 1.165) is 37.3 Å². The van der Waals surface area contributed by atoms with Gasteiger partial charge in [0.25, 0.3) is 0 Å². The first-order valence-corrected chi connectivity index (χ1v) is 15.4. The molecule has 3 aromatic rings. The summed E-state index contributed by atoms with van der Waals surface area (Å²) in [5.74, 6) is 1.51. The molecule has 4 rings (SSSR count). The van der Waals surface area contributed by atoms with E-state index in [2.05, 4.69) is 42.2 Å². The molecular weight excluding hydrogens is 677 g/mol. The molecule has 2 N–H and O–H groups in total. The van der Waals surface area contributed by atoms with E-state index < -0.39 is 29.9 Å². The summed E-state index contributed by atoms with van der Waals surface area (Å²) in [6.45, 7) is 2.31. The summed E-state index contributed by atoms with van der Waals surface area (Å²) in [6.07, 6.45) is -1.09. The number of hydrogen-bond acceptors (Lipinski definition) is 6. The van der Waals surface area contributed by atoms with Crippen LogP contribution in [0.1, 0.15) is 48.2 Å². The Bertz CT molecular complexity index is 1360. The van der Waals surface area contributed by atoms with Crippen LogP contribution in [0, 0.1) is 0 Å². The molecule has 0 fully saturated rings. The molecule has 13 heteroatoms. The molecule has 1 aromatic heterocycles. The van der Waals surface area contributed by atoms with E-state index in [0.29, 0.717) is 30.9 Å². The van der Waals surface area contributed by atoms with Crippen LogP contribution < -0.4 is 15.0 Å². The summed E-state index contributed by atoms with van der Waals surface area (Å²) in [5.41, 5.74) is 1.16. The third kappa shape index (κ3) is 7.22. The Morgan fingerprint density at radius 2 is 1.95 bits per heavy atom. The maximum Gasteiger partial charge on any atom is 0.416 e. The van der Waals surface area contributed by atoms with Gasteiger partial charge >= 0.3 is 12.3 Å². The minimum atomic E-state index is -4.58. The Morgan fingerprint density at radius 3 is 2.58 bits per heavy atom. The number of thioether (sulfide) groups is 1. The predicted molar refractivity (Wildman–Crippen MR) is 158 cm³/mol. The first-order chi connectivity index (χ1) is 19.0. The summed E-state index contributed by atoms with van der Waals surface area (Å²) in [6, 6.07) is 7.92. The van der Waals surface area contributed by atoms with E-state index in [4.69, 9.17) is 9.72 Å². The quantitative estimate of drug-likeness (QED) is 0.218. The molecule has 40 heavy (non-hydrogen) atoms. The standard InChI is InChI=1S/C27H27Br2F3N4O3S/c1-3-19-13-21(20-11-16(27(30,31)32)4-5-23(20)36(19)26(37)38)34-25-33-14-24(39-6-7-40-2)22(35-25)10-15-8-17(28)12-18(29)9-15/h4-5,8-9,11-12,14,19,21H,3,6-7,10,13H2,1-2H3,(H,37,38)(H,33,34,35)/t19-,21+/m1/s1. The molecule has 2 atom stereocenters. The number of nitrogens with one attached hydrogen (secondary N) is 1. The van der Waals surface area contributed by atoms with Crippen molar-refractivity contribution in [2.24, 2.45) is 0 Å². The first-order valence-electron chi connectivity index (χ1n) is 12.4. The maximum absolute atomic E-state index is 13.6. The lowest BCUT2D eigenvalue weighted by atomic mass is 9.89. The van der Waals surface area contributed by atoms with Crippen LogP contribution in [-0.2, 0) is 12.6 Å². The minimum absolute atomic E-state index is 0.215. The van der Waals surface area contributed by atoms with Gasteiger partial charge in [0.05, 0.1) is 35.8 Å². The Balaban J connectivity index is 1.72. The van der Waals surface area contributed by atoms with Crippen molar-refractivity contribution in [1.29, 1.82) is 0 Å². The van der Waals surface area contributed by atoms with Gasteiger partial charge in [-0.25, -0.2) is 14.8 Å². The lowest BCUT2D eigenvalue weighted by Crippen LogP contribution is -2.45. The molecule has 1 aliphatic heterocycles. The van der Waals surface area contributed by atoms with Crippen LogP contribution in [0.3, 0.4) is 0 Å².